The van der Waals surface area contributed by atoms with Crippen LogP contribution < -0.4 is 9.47 Å². The smallest absolute Gasteiger partial charge is 0.178 e. The topological polar surface area (TPSA) is 47.9 Å². The number of methoxy groups -OCH3 is 2. The highest BCUT2D eigenvalue weighted by molar-refractivity contribution is 5.81. The van der Waals surface area contributed by atoms with Crippen molar-refractivity contribution in [2.75, 3.05) is 14.2 Å². The highest BCUT2D eigenvalue weighted by Gasteiger charge is 2.41. The predicted octanol–water partition coefficient (Wildman–Crippen LogP) is 5.94. The molecule has 5 rings (SSSR count). The minimum absolute atomic E-state index is 0.516. The van der Waals surface area contributed by atoms with E-state index in [1.165, 1.54) is 0 Å². The molecule has 0 fully saturated rings. The molecule has 4 nitrogen and oxygen atoms in total. The Morgan fingerprint density at radius 1 is 0.875 bits per heavy atom. The second kappa shape index (κ2) is 7.97. The molecule has 0 saturated carbocycles. The van der Waals surface area contributed by atoms with Crippen LogP contribution in [0.25, 0.3) is 5.76 Å². The number of aliphatic hydroxyl groups excluding tert-OH is 1. The summed E-state index contributed by atoms with van der Waals surface area (Å²) >= 11 is 0. The monoisotopic (exact) mass is 424 g/mol. The number of benzene rings is 3. The molecule has 0 saturated heterocycles. The van der Waals surface area contributed by atoms with Crippen LogP contribution in [0, 0.1) is 0 Å². The van der Waals surface area contributed by atoms with E-state index >= 15 is 0 Å². The van der Waals surface area contributed by atoms with Gasteiger partial charge in [0.1, 0.15) is 5.76 Å². The largest absolute Gasteiger partial charge is 0.515 e. The summed E-state index contributed by atoms with van der Waals surface area (Å²) in [5.41, 5.74) is 4.75. The molecule has 1 N–H and O–H groups in total. The zero-order chi connectivity index (χ0) is 22.1. The maximum atomic E-state index is 10.1. The van der Waals surface area contributed by atoms with Crippen LogP contribution in [0.2, 0.25) is 0 Å². The average molecular weight is 424 g/mol. The van der Waals surface area contributed by atoms with Crippen molar-refractivity contribution in [2.45, 2.75) is 12.0 Å². The molecule has 0 aromatic heterocycles. The van der Waals surface area contributed by atoms with Gasteiger partial charge in [-0.2, -0.15) is 0 Å². The Balaban J connectivity index is 1.74. The van der Waals surface area contributed by atoms with Crippen molar-refractivity contribution in [3.8, 4) is 11.5 Å². The van der Waals surface area contributed by atoms with Gasteiger partial charge in [-0.05, 0) is 18.2 Å². The summed E-state index contributed by atoms with van der Waals surface area (Å²) in [4.78, 5) is 0. The van der Waals surface area contributed by atoms with Crippen LogP contribution in [-0.4, -0.2) is 19.3 Å². The second-order valence-electron chi connectivity index (χ2n) is 7.80. The molecule has 3 aromatic rings. The lowest BCUT2D eigenvalue weighted by atomic mass is 9.79. The fourth-order valence-corrected chi connectivity index (χ4v) is 4.61. The summed E-state index contributed by atoms with van der Waals surface area (Å²) in [6.45, 7) is 0. The summed E-state index contributed by atoms with van der Waals surface area (Å²) in [5.74, 6) is 2.01. The zero-order valence-electron chi connectivity index (χ0n) is 18.0. The number of aliphatic hydroxyl groups is 1. The van der Waals surface area contributed by atoms with E-state index in [2.05, 4.69) is 36.4 Å². The van der Waals surface area contributed by atoms with E-state index in [9.17, 15) is 5.11 Å². The number of allylic oxidation sites excluding steroid dienone is 3. The summed E-state index contributed by atoms with van der Waals surface area (Å²) in [5, 5.41) is 10.1. The molecule has 0 radical (unpaired) electrons. The lowest BCUT2D eigenvalue weighted by molar-refractivity contribution is 0.122. The molecule has 2 aliphatic rings. The lowest BCUT2D eigenvalue weighted by Crippen LogP contribution is -2.32. The molecule has 0 bridgehead atoms. The van der Waals surface area contributed by atoms with Crippen LogP contribution in [0.1, 0.15) is 22.3 Å². The van der Waals surface area contributed by atoms with Gasteiger partial charge in [-0.25, -0.2) is 0 Å². The third-order valence-corrected chi connectivity index (χ3v) is 6.16. The van der Waals surface area contributed by atoms with Crippen molar-refractivity contribution in [3.05, 3.63) is 125 Å². The van der Waals surface area contributed by atoms with Gasteiger partial charge in [0, 0.05) is 39.8 Å². The third-order valence-electron chi connectivity index (χ3n) is 6.16. The Bertz CT molecular complexity index is 1200. The molecule has 0 atom stereocenters. The Kier molecular flexibility index (Phi) is 4.98. The SMILES string of the molecule is COc1ccc2c(c1OC)CC(=CO)C1=C2OC(c2ccccc2)(c2ccccc2)C=C1. The zero-order valence-corrected chi connectivity index (χ0v) is 18.0. The third kappa shape index (κ3) is 2.99. The molecular weight excluding hydrogens is 400 g/mol. The van der Waals surface area contributed by atoms with E-state index in [1.54, 1.807) is 14.2 Å². The van der Waals surface area contributed by atoms with Gasteiger partial charge in [-0.1, -0.05) is 66.7 Å². The highest BCUT2D eigenvalue weighted by Crippen LogP contribution is 2.50. The Labute approximate surface area is 187 Å². The van der Waals surface area contributed by atoms with Gasteiger partial charge in [0.15, 0.2) is 17.1 Å². The molecule has 32 heavy (non-hydrogen) atoms. The maximum Gasteiger partial charge on any atom is 0.178 e. The Morgan fingerprint density at radius 2 is 1.53 bits per heavy atom. The molecule has 0 spiro atoms. The average Bonchev–Trinajstić information content (AvgIpc) is 2.88. The van der Waals surface area contributed by atoms with Gasteiger partial charge in [-0.15, -0.1) is 0 Å². The molecule has 0 unspecified atom stereocenters. The van der Waals surface area contributed by atoms with E-state index in [0.717, 1.165) is 39.7 Å². The predicted molar refractivity (Wildman–Crippen MR) is 125 cm³/mol. The second-order valence-corrected chi connectivity index (χ2v) is 7.80. The van der Waals surface area contributed by atoms with Crippen LogP contribution in [-0.2, 0) is 16.8 Å². The Morgan fingerprint density at radius 3 is 2.09 bits per heavy atom. The van der Waals surface area contributed by atoms with Crippen molar-refractivity contribution in [1.29, 1.82) is 0 Å². The van der Waals surface area contributed by atoms with Gasteiger partial charge in [-0.3, -0.25) is 0 Å². The van der Waals surface area contributed by atoms with Gasteiger partial charge in [0.2, 0.25) is 0 Å². The molecular formula is C28H24O4. The Hall–Kier alpha value is -3.92. The normalized spacial score (nSPS) is 17.4. The standard InChI is InChI=1S/C28H24O4/c1-30-25-14-13-23-24(27(25)31-2)17-19(18-29)22-15-16-28(32-26(22)23,20-9-5-3-6-10-20)21-11-7-4-8-12-21/h3-16,18,29H,17H2,1-2H3. The molecule has 4 heteroatoms. The first kappa shape index (κ1) is 20.0. The number of rotatable bonds is 4. The minimum Gasteiger partial charge on any atom is -0.515 e. The van der Waals surface area contributed by atoms with Crippen LogP contribution in [0.4, 0.5) is 0 Å². The van der Waals surface area contributed by atoms with Gasteiger partial charge >= 0.3 is 0 Å². The van der Waals surface area contributed by atoms with Gasteiger partial charge in [0.05, 0.1) is 20.5 Å². The van der Waals surface area contributed by atoms with Crippen molar-refractivity contribution < 1.29 is 19.3 Å². The fraction of sp³-hybridized carbons (Fsp3) is 0.143. The molecule has 1 aliphatic heterocycles. The molecule has 3 aromatic carbocycles. The minimum atomic E-state index is -0.802. The van der Waals surface area contributed by atoms with Crippen molar-refractivity contribution in [1.82, 2.24) is 0 Å². The lowest BCUT2D eigenvalue weighted by Gasteiger charge is -2.39. The van der Waals surface area contributed by atoms with Crippen LogP contribution in [0.15, 0.2) is 102 Å². The van der Waals surface area contributed by atoms with Crippen LogP contribution >= 0.6 is 0 Å². The van der Waals surface area contributed by atoms with E-state index in [0.29, 0.717) is 23.7 Å². The first-order valence-corrected chi connectivity index (χ1v) is 10.5. The maximum absolute atomic E-state index is 10.1. The quantitative estimate of drug-likeness (QED) is 0.526. The van der Waals surface area contributed by atoms with Gasteiger partial charge in [0.25, 0.3) is 0 Å². The van der Waals surface area contributed by atoms with Crippen molar-refractivity contribution >= 4 is 5.76 Å². The van der Waals surface area contributed by atoms with E-state index < -0.39 is 5.60 Å². The molecule has 1 heterocycles. The summed E-state index contributed by atoms with van der Waals surface area (Å²) in [6.07, 6.45) is 5.80. The van der Waals surface area contributed by atoms with E-state index in [1.807, 2.05) is 48.5 Å². The van der Waals surface area contributed by atoms with Crippen LogP contribution in [0.3, 0.4) is 0 Å². The number of hydrogen-bond acceptors (Lipinski definition) is 4. The summed E-state index contributed by atoms with van der Waals surface area (Å²) in [6, 6.07) is 24.3. The van der Waals surface area contributed by atoms with E-state index in [-0.39, 0.29) is 0 Å². The first-order valence-electron chi connectivity index (χ1n) is 10.5. The summed E-state index contributed by atoms with van der Waals surface area (Å²) in [7, 11) is 3.25. The first-order chi connectivity index (χ1) is 15.7. The fourth-order valence-electron chi connectivity index (χ4n) is 4.61. The van der Waals surface area contributed by atoms with Crippen molar-refractivity contribution in [3.63, 3.8) is 0 Å². The number of hydrogen-bond donors (Lipinski definition) is 1. The highest BCUT2D eigenvalue weighted by atomic mass is 16.5. The van der Waals surface area contributed by atoms with E-state index in [4.69, 9.17) is 14.2 Å². The molecule has 160 valence electrons. The summed E-state index contributed by atoms with van der Waals surface area (Å²) < 4.78 is 18.1. The number of ether oxygens (including phenoxy) is 3. The number of fused-ring (bicyclic) bond motifs is 2. The molecule has 1 aliphatic carbocycles. The van der Waals surface area contributed by atoms with Crippen molar-refractivity contribution in [2.24, 2.45) is 0 Å². The van der Waals surface area contributed by atoms with Crippen LogP contribution in [0.5, 0.6) is 11.5 Å². The molecule has 0 amide bonds. The van der Waals surface area contributed by atoms with Gasteiger partial charge < -0.3 is 19.3 Å².